The lowest BCUT2D eigenvalue weighted by Gasteiger charge is -2.11. The first kappa shape index (κ1) is 13.6. The van der Waals surface area contributed by atoms with Crippen LogP contribution in [0.5, 0.6) is 0 Å². The Morgan fingerprint density at radius 2 is 1.43 bits per heavy atom. The van der Waals surface area contributed by atoms with E-state index >= 15 is 0 Å². The Labute approximate surface area is 126 Å². The van der Waals surface area contributed by atoms with Gasteiger partial charge in [0.2, 0.25) is 0 Å². The molecule has 0 spiro atoms. The molecule has 0 atom stereocenters. The van der Waals surface area contributed by atoms with Crippen LogP contribution in [0.25, 0.3) is 11.3 Å². The Balaban J connectivity index is 2.07. The van der Waals surface area contributed by atoms with Crippen molar-refractivity contribution in [3.63, 3.8) is 0 Å². The molecule has 0 saturated carbocycles. The SMILES string of the molecule is C/C1=N/C(c2ccccc2)=C\C(c2ccccc2)=C/CC1. The molecule has 0 aromatic heterocycles. The van der Waals surface area contributed by atoms with Gasteiger partial charge in [-0.25, -0.2) is 0 Å². The molecule has 1 aliphatic rings. The second-order valence-corrected chi connectivity index (χ2v) is 5.31. The molecule has 0 bridgehead atoms. The maximum Gasteiger partial charge on any atom is 0.0707 e. The zero-order valence-corrected chi connectivity index (χ0v) is 12.3. The lowest BCUT2D eigenvalue weighted by molar-refractivity contribution is 1.08. The van der Waals surface area contributed by atoms with Crippen molar-refractivity contribution in [3.8, 4) is 0 Å². The number of hydrogen-bond acceptors (Lipinski definition) is 1. The molecule has 1 heteroatoms. The van der Waals surface area contributed by atoms with E-state index in [2.05, 4.69) is 73.7 Å². The third kappa shape index (κ3) is 3.38. The molecule has 21 heavy (non-hydrogen) atoms. The van der Waals surface area contributed by atoms with Crippen LogP contribution in [0.15, 0.2) is 77.8 Å². The molecule has 0 N–H and O–H groups in total. The van der Waals surface area contributed by atoms with Crippen molar-refractivity contribution in [1.82, 2.24) is 0 Å². The van der Waals surface area contributed by atoms with Gasteiger partial charge in [-0.1, -0.05) is 66.7 Å². The van der Waals surface area contributed by atoms with Crippen molar-refractivity contribution in [1.29, 1.82) is 0 Å². The van der Waals surface area contributed by atoms with E-state index in [4.69, 9.17) is 4.99 Å². The molecule has 2 aromatic carbocycles. The predicted octanol–water partition coefficient (Wildman–Crippen LogP) is 5.37. The predicted molar refractivity (Wildman–Crippen MR) is 91.2 cm³/mol. The number of aliphatic imine (C=N–C) groups is 1. The maximum atomic E-state index is 4.82. The van der Waals surface area contributed by atoms with Gasteiger partial charge in [0.05, 0.1) is 5.70 Å². The van der Waals surface area contributed by atoms with Crippen LogP contribution in [0.1, 0.15) is 30.9 Å². The van der Waals surface area contributed by atoms with Gasteiger partial charge in [-0.15, -0.1) is 0 Å². The Morgan fingerprint density at radius 3 is 2.10 bits per heavy atom. The van der Waals surface area contributed by atoms with Gasteiger partial charge in [0.1, 0.15) is 0 Å². The van der Waals surface area contributed by atoms with Crippen LogP contribution >= 0.6 is 0 Å². The summed E-state index contributed by atoms with van der Waals surface area (Å²) < 4.78 is 0. The maximum absolute atomic E-state index is 4.82. The molecule has 0 saturated heterocycles. The van der Waals surface area contributed by atoms with Crippen molar-refractivity contribution >= 4 is 17.0 Å². The molecule has 1 nitrogen and oxygen atoms in total. The Kier molecular flexibility index (Phi) is 4.11. The standard InChI is InChI=1S/C20H19N/c1-16-9-8-14-19(17-10-4-2-5-11-17)15-20(21-16)18-12-6-3-7-13-18/h2-7,10-15H,8-9H2,1H3/b19-14+,20-15-,21-16-. The monoisotopic (exact) mass is 273 g/mol. The highest BCUT2D eigenvalue weighted by molar-refractivity contribution is 5.92. The molecular formula is C20H19N. The zero-order valence-electron chi connectivity index (χ0n) is 12.3. The first-order valence-electron chi connectivity index (χ1n) is 7.40. The van der Waals surface area contributed by atoms with Crippen LogP contribution in [-0.2, 0) is 0 Å². The van der Waals surface area contributed by atoms with Crippen molar-refractivity contribution < 1.29 is 0 Å². The summed E-state index contributed by atoms with van der Waals surface area (Å²) >= 11 is 0. The fraction of sp³-hybridized carbons (Fsp3) is 0.150. The highest BCUT2D eigenvalue weighted by Crippen LogP contribution is 2.26. The highest BCUT2D eigenvalue weighted by Gasteiger charge is 2.07. The molecule has 3 rings (SSSR count). The molecule has 0 amide bonds. The van der Waals surface area contributed by atoms with Crippen LogP contribution < -0.4 is 0 Å². The number of nitrogens with zero attached hydrogens (tertiary/aromatic N) is 1. The van der Waals surface area contributed by atoms with Crippen LogP contribution in [-0.4, -0.2) is 5.71 Å². The summed E-state index contributed by atoms with van der Waals surface area (Å²) in [4.78, 5) is 4.82. The van der Waals surface area contributed by atoms with E-state index in [-0.39, 0.29) is 0 Å². The lowest BCUT2D eigenvalue weighted by atomic mass is 9.99. The minimum Gasteiger partial charge on any atom is -0.257 e. The second kappa shape index (κ2) is 6.36. The summed E-state index contributed by atoms with van der Waals surface area (Å²) in [6.07, 6.45) is 6.57. The van der Waals surface area contributed by atoms with Gasteiger partial charge in [-0.05, 0) is 37.0 Å². The van der Waals surface area contributed by atoms with E-state index < -0.39 is 0 Å². The summed E-state index contributed by atoms with van der Waals surface area (Å²) in [7, 11) is 0. The third-order valence-corrected chi connectivity index (χ3v) is 3.65. The van der Waals surface area contributed by atoms with Crippen LogP contribution in [0.3, 0.4) is 0 Å². The summed E-state index contributed by atoms with van der Waals surface area (Å²) in [5.74, 6) is 0. The van der Waals surface area contributed by atoms with Crippen LogP contribution in [0, 0.1) is 0 Å². The van der Waals surface area contributed by atoms with Crippen LogP contribution in [0.4, 0.5) is 0 Å². The van der Waals surface area contributed by atoms with Crippen molar-refractivity contribution in [2.45, 2.75) is 19.8 Å². The van der Waals surface area contributed by atoms with Gasteiger partial charge in [0.15, 0.2) is 0 Å². The Morgan fingerprint density at radius 1 is 0.810 bits per heavy atom. The molecule has 2 aromatic rings. The third-order valence-electron chi connectivity index (χ3n) is 3.65. The Hall–Kier alpha value is -2.41. The van der Waals surface area contributed by atoms with E-state index in [1.807, 2.05) is 6.07 Å². The topological polar surface area (TPSA) is 12.4 Å². The fourth-order valence-corrected chi connectivity index (χ4v) is 2.53. The van der Waals surface area contributed by atoms with E-state index in [0.29, 0.717) is 0 Å². The quantitative estimate of drug-likeness (QED) is 0.698. The minimum absolute atomic E-state index is 1.01. The smallest absolute Gasteiger partial charge is 0.0707 e. The summed E-state index contributed by atoms with van der Waals surface area (Å²) in [6.45, 7) is 2.11. The summed E-state index contributed by atoms with van der Waals surface area (Å²) in [5.41, 5.74) is 5.91. The molecule has 104 valence electrons. The van der Waals surface area contributed by atoms with E-state index in [1.165, 1.54) is 22.4 Å². The van der Waals surface area contributed by atoms with E-state index in [9.17, 15) is 0 Å². The summed E-state index contributed by atoms with van der Waals surface area (Å²) in [6, 6.07) is 20.9. The van der Waals surface area contributed by atoms with Crippen molar-refractivity contribution in [2.75, 3.05) is 0 Å². The van der Waals surface area contributed by atoms with Gasteiger partial charge >= 0.3 is 0 Å². The number of rotatable bonds is 2. The molecule has 0 unspecified atom stereocenters. The zero-order chi connectivity index (χ0) is 14.5. The van der Waals surface area contributed by atoms with Gasteiger partial charge in [0, 0.05) is 11.3 Å². The number of benzene rings is 2. The first-order chi connectivity index (χ1) is 10.3. The molecule has 0 fully saturated rings. The average Bonchev–Trinajstić information content (AvgIpc) is 2.52. The first-order valence-corrected chi connectivity index (χ1v) is 7.40. The number of allylic oxidation sites excluding steroid dienone is 3. The fourth-order valence-electron chi connectivity index (χ4n) is 2.53. The molecule has 0 aliphatic carbocycles. The molecule has 1 heterocycles. The molecular weight excluding hydrogens is 254 g/mol. The van der Waals surface area contributed by atoms with Crippen molar-refractivity contribution in [2.24, 2.45) is 4.99 Å². The van der Waals surface area contributed by atoms with E-state index in [1.54, 1.807) is 0 Å². The molecule has 0 radical (unpaired) electrons. The van der Waals surface area contributed by atoms with Gasteiger partial charge < -0.3 is 0 Å². The van der Waals surface area contributed by atoms with Gasteiger partial charge in [-0.2, -0.15) is 0 Å². The minimum atomic E-state index is 1.01. The highest BCUT2D eigenvalue weighted by atomic mass is 14.8. The normalized spacial score (nSPS) is 22.8. The average molecular weight is 273 g/mol. The van der Waals surface area contributed by atoms with Gasteiger partial charge in [-0.3, -0.25) is 4.99 Å². The number of hydrogen-bond donors (Lipinski definition) is 0. The molecule has 1 aliphatic heterocycles. The van der Waals surface area contributed by atoms with E-state index in [0.717, 1.165) is 18.5 Å². The summed E-state index contributed by atoms with van der Waals surface area (Å²) in [5, 5.41) is 0. The van der Waals surface area contributed by atoms with Gasteiger partial charge in [0.25, 0.3) is 0 Å². The lowest BCUT2D eigenvalue weighted by Crippen LogP contribution is -1.96. The van der Waals surface area contributed by atoms with Crippen LogP contribution in [0.2, 0.25) is 0 Å². The largest absolute Gasteiger partial charge is 0.257 e. The second-order valence-electron chi connectivity index (χ2n) is 5.31. The Bertz CT molecular complexity index is 691. The van der Waals surface area contributed by atoms with Crippen molar-refractivity contribution in [3.05, 3.63) is 83.9 Å².